The summed E-state index contributed by atoms with van der Waals surface area (Å²) in [5.41, 5.74) is -0.541. The van der Waals surface area contributed by atoms with Crippen molar-refractivity contribution >= 4 is 17.9 Å². The number of rotatable bonds is 7. The van der Waals surface area contributed by atoms with Crippen LogP contribution in [0.4, 0.5) is 4.79 Å². The molecule has 0 aromatic heterocycles. The first-order valence-electron chi connectivity index (χ1n) is 9.58. The van der Waals surface area contributed by atoms with Crippen molar-refractivity contribution < 1.29 is 19.1 Å². The number of amides is 3. The Kier molecular flexibility index (Phi) is 8.88. The van der Waals surface area contributed by atoms with Gasteiger partial charge in [-0.25, -0.2) is 4.79 Å². The molecule has 3 amide bonds. The molecule has 1 fully saturated rings. The van der Waals surface area contributed by atoms with Crippen LogP contribution in [0.25, 0.3) is 0 Å². The van der Waals surface area contributed by atoms with Crippen LogP contribution in [0.2, 0.25) is 0 Å². The Hall–Kier alpha value is -1.79. The number of alkyl carbamates (subject to hydrolysis) is 1. The molecule has 1 rings (SSSR count). The predicted molar refractivity (Wildman–Crippen MR) is 101 cm³/mol. The maximum absolute atomic E-state index is 12.2. The minimum absolute atomic E-state index is 0.0448. The minimum atomic E-state index is -0.541. The van der Waals surface area contributed by atoms with Gasteiger partial charge in [0.25, 0.3) is 0 Å². The van der Waals surface area contributed by atoms with E-state index in [2.05, 4.69) is 10.6 Å². The van der Waals surface area contributed by atoms with Crippen molar-refractivity contribution in [3.8, 4) is 0 Å². The van der Waals surface area contributed by atoms with Gasteiger partial charge in [-0.1, -0.05) is 13.8 Å². The lowest BCUT2D eigenvalue weighted by molar-refractivity contribution is -0.132. The highest BCUT2D eigenvalue weighted by Crippen LogP contribution is 2.17. The third-order valence-electron chi connectivity index (χ3n) is 4.16. The van der Waals surface area contributed by atoms with E-state index in [0.29, 0.717) is 37.9 Å². The topological polar surface area (TPSA) is 87.7 Å². The first-order chi connectivity index (χ1) is 12.1. The number of nitrogens with zero attached hydrogens (tertiary/aromatic N) is 1. The van der Waals surface area contributed by atoms with E-state index in [0.717, 1.165) is 12.8 Å². The third kappa shape index (κ3) is 9.63. The molecule has 0 atom stereocenters. The van der Waals surface area contributed by atoms with Crippen LogP contribution in [0, 0.1) is 11.8 Å². The van der Waals surface area contributed by atoms with Crippen LogP contribution in [0.3, 0.4) is 0 Å². The molecule has 1 aliphatic heterocycles. The summed E-state index contributed by atoms with van der Waals surface area (Å²) >= 11 is 0. The number of likely N-dealkylation sites (tertiary alicyclic amines) is 1. The van der Waals surface area contributed by atoms with Crippen molar-refractivity contribution in [1.29, 1.82) is 0 Å². The molecule has 7 nitrogen and oxygen atoms in total. The number of ether oxygens (including phenoxy) is 1. The van der Waals surface area contributed by atoms with E-state index in [9.17, 15) is 14.4 Å². The first kappa shape index (κ1) is 22.3. The van der Waals surface area contributed by atoms with Crippen LogP contribution in [-0.2, 0) is 14.3 Å². The van der Waals surface area contributed by atoms with E-state index in [-0.39, 0.29) is 24.8 Å². The highest BCUT2D eigenvalue weighted by molar-refractivity contribution is 5.77. The van der Waals surface area contributed by atoms with Gasteiger partial charge in [0.15, 0.2) is 0 Å². The van der Waals surface area contributed by atoms with Gasteiger partial charge in [-0.15, -0.1) is 0 Å². The fourth-order valence-corrected chi connectivity index (χ4v) is 2.83. The van der Waals surface area contributed by atoms with Crippen LogP contribution < -0.4 is 10.6 Å². The van der Waals surface area contributed by atoms with Crippen LogP contribution >= 0.6 is 0 Å². The smallest absolute Gasteiger partial charge is 0.407 e. The van der Waals surface area contributed by atoms with E-state index in [1.54, 1.807) is 20.8 Å². The predicted octanol–water partition coefficient (Wildman–Crippen LogP) is 2.30. The Bertz CT molecular complexity index is 478. The molecule has 0 unspecified atom stereocenters. The van der Waals surface area contributed by atoms with Gasteiger partial charge >= 0.3 is 6.09 Å². The summed E-state index contributed by atoms with van der Waals surface area (Å²) in [7, 11) is 0. The normalized spacial score (nSPS) is 15.7. The van der Waals surface area contributed by atoms with E-state index < -0.39 is 11.7 Å². The Labute approximate surface area is 157 Å². The van der Waals surface area contributed by atoms with Gasteiger partial charge in [0.05, 0.1) is 0 Å². The molecule has 26 heavy (non-hydrogen) atoms. The molecule has 0 bridgehead atoms. The van der Waals surface area contributed by atoms with Crippen LogP contribution in [0.1, 0.15) is 60.3 Å². The minimum Gasteiger partial charge on any atom is -0.444 e. The zero-order chi connectivity index (χ0) is 19.7. The molecule has 2 N–H and O–H groups in total. The average Bonchev–Trinajstić information content (AvgIpc) is 2.51. The van der Waals surface area contributed by atoms with E-state index in [4.69, 9.17) is 4.74 Å². The number of carbonyl (C=O) groups excluding carboxylic acids is 3. The average molecular weight is 370 g/mol. The number of hydrogen-bond donors (Lipinski definition) is 2. The molecule has 1 heterocycles. The zero-order valence-electron chi connectivity index (χ0n) is 16.9. The maximum atomic E-state index is 12.2. The second-order valence-electron chi connectivity index (χ2n) is 8.40. The molecule has 7 heteroatoms. The fourth-order valence-electron chi connectivity index (χ4n) is 2.83. The summed E-state index contributed by atoms with van der Waals surface area (Å²) in [5.74, 6) is 0.939. The number of carbonyl (C=O) groups is 3. The second kappa shape index (κ2) is 10.4. The van der Waals surface area contributed by atoms with Crippen molar-refractivity contribution in [1.82, 2.24) is 15.5 Å². The van der Waals surface area contributed by atoms with E-state index >= 15 is 0 Å². The van der Waals surface area contributed by atoms with E-state index in [1.807, 2.05) is 18.7 Å². The monoisotopic (exact) mass is 369 g/mol. The van der Waals surface area contributed by atoms with Crippen molar-refractivity contribution in [3.05, 3.63) is 0 Å². The molecule has 0 aliphatic carbocycles. The molecule has 0 radical (unpaired) electrons. The molecule has 0 aromatic rings. The molecular formula is C19H35N3O4. The lowest BCUT2D eigenvalue weighted by Crippen LogP contribution is -2.42. The number of hydrogen-bond acceptors (Lipinski definition) is 4. The van der Waals surface area contributed by atoms with Gasteiger partial charge in [-0.05, 0) is 45.4 Å². The van der Waals surface area contributed by atoms with Crippen molar-refractivity contribution in [2.45, 2.75) is 65.9 Å². The van der Waals surface area contributed by atoms with Crippen molar-refractivity contribution in [2.24, 2.45) is 11.8 Å². The summed E-state index contributed by atoms with van der Waals surface area (Å²) in [6.07, 6.45) is 2.12. The summed E-state index contributed by atoms with van der Waals surface area (Å²) in [6, 6.07) is 0. The number of piperidine rings is 1. The molecule has 0 saturated carbocycles. The molecule has 1 saturated heterocycles. The SMILES string of the molecule is CC(C)CC(=O)NCC1CCN(C(=O)CCNC(=O)OC(C)(C)C)CC1. The fraction of sp³-hybridized carbons (Fsp3) is 0.842. The third-order valence-corrected chi connectivity index (χ3v) is 4.16. The summed E-state index contributed by atoms with van der Waals surface area (Å²) in [4.78, 5) is 37.3. The first-order valence-corrected chi connectivity index (χ1v) is 9.58. The summed E-state index contributed by atoms with van der Waals surface area (Å²) < 4.78 is 5.14. The van der Waals surface area contributed by atoms with E-state index in [1.165, 1.54) is 0 Å². The standard InChI is InChI=1S/C19H35N3O4/c1-14(2)12-16(23)21-13-15-7-10-22(11-8-15)17(24)6-9-20-18(25)26-19(3,4)5/h14-15H,6-13H2,1-5H3,(H,20,25)(H,21,23). The Morgan fingerprint density at radius 1 is 1.12 bits per heavy atom. The van der Waals surface area contributed by atoms with Gasteiger partial charge in [0.2, 0.25) is 11.8 Å². The molecule has 150 valence electrons. The van der Waals surface area contributed by atoms with Gasteiger partial charge < -0.3 is 20.3 Å². The summed E-state index contributed by atoms with van der Waals surface area (Å²) in [6.45, 7) is 11.8. The van der Waals surface area contributed by atoms with Gasteiger partial charge in [0, 0.05) is 39.0 Å². The lowest BCUT2D eigenvalue weighted by atomic mass is 9.96. The van der Waals surface area contributed by atoms with Crippen LogP contribution in [-0.4, -0.2) is 54.6 Å². The highest BCUT2D eigenvalue weighted by atomic mass is 16.6. The summed E-state index contributed by atoms with van der Waals surface area (Å²) in [5, 5.41) is 5.60. The Balaban J connectivity index is 2.19. The Morgan fingerprint density at radius 2 is 1.73 bits per heavy atom. The maximum Gasteiger partial charge on any atom is 0.407 e. The van der Waals surface area contributed by atoms with Crippen molar-refractivity contribution in [3.63, 3.8) is 0 Å². The van der Waals surface area contributed by atoms with Gasteiger partial charge in [-0.2, -0.15) is 0 Å². The Morgan fingerprint density at radius 3 is 2.27 bits per heavy atom. The highest BCUT2D eigenvalue weighted by Gasteiger charge is 2.23. The number of nitrogens with one attached hydrogen (secondary N) is 2. The second-order valence-corrected chi connectivity index (χ2v) is 8.40. The lowest BCUT2D eigenvalue weighted by Gasteiger charge is -2.32. The molecule has 0 spiro atoms. The van der Waals surface area contributed by atoms with Gasteiger partial charge in [0.1, 0.15) is 5.60 Å². The molecular weight excluding hydrogens is 334 g/mol. The largest absolute Gasteiger partial charge is 0.444 e. The van der Waals surface area contributed by atoms with Gasteiger partial charge in [-0.3, -0.25) is 9.59 Å². The van der Waals surface area contributed by atoms with Crippen LogP contribution in [0.5, 0.6) is 0 Å². The molecule has 0 aromatic carbocycles. The molecule has 1 aliphatic rings. The zero-order valence-corrected chi connectivity index (χ0v) is 16.9. The quantitative estimate of drug-likeness (QED) is 0.721. The van der Waals surface area contributed by atoms with Crippen LogP contribution in [0.15, 0.2) is 0 Å². The van der Waals surface area contributed by atoms with Crippen molar-refractivity contribution in [2.75, 3.05) is 26.2 Å².